The maximum Gasteiger partial charge on any atom is 0.338 e. The zero-order valence-electron chi connectivity index (χ0n) is 19.0. The average Bonchev–Trinajstić information content (AvgIpc) is 3.34. The molecule has 0 saturated heterocycles. The Bertz CT molecular complexity index is 1370. The van der Waals surface area contributed by atoms with Gasteiger partial charge >= 0.3 is 5.97 Å². The lowest BCUT2D eigenvalue weighted by Crippen LogP contribution is -2.29. The number of fused-ring (bicyclic) bond motifs is 1. The Morgan fingerprint density at radius 2 is 1.77 bits per heavy atom. The number of benzene rings is 3. The van der Waals surface area contributed by atoms with Gasteiger partial charge in [-0.1, -0.05) is 66.2 Å². The number of esters is 1. The molecule has 0 aliphatic carbocycles. The second-order valence-electron chi connectivity index (χ2n) is 8.14. The zero-order chi connectivity index (χ0) is 24.2. The normalized spacial score (nSPS) is 14.7. The first-order valence-corrected chi connectivity index (χ1v) is 11.5. The minimum atomic E-state index is -0.487. The van der Waals surface area contributed by atoms with Crippen LogP contribution in [-0.4, -0.2) is 20.7 Å². The van der Waals surface area contributed by atoms with Crippen molar-refractivity contribution in [2.24, 2.45) is 0 Å². The van der Waals surface area contributed by atoms with Gasteiger partial charge in [-0.25, -0.2) is 9.48 Å². The molecule has 0 bridgehead atoms. The summed E-state index contributed by atoms with van der Waals surface area (Å²) in [5.74, 6) is 0.857. The van der Waals surface area contributed by atoms with Gasteiger partial charge in [0.15, 0.2) is 0 Å². The number of nitrogens with zero attached hydrogens (tertiary/aromatic N) is 3. The van der Waals surface area contributed by atoms with Crippen molar-refractivity contribution in [3.05, 3.63) is 118 Å². The van der Waals surface area contributed by atoms with Crippen molar-refractivity contribution < 1.29 is 14.3 Å². The molecule has 4 aromatic rings. The number of anilines is 1. The van der Waals surface area contributed by atoms with Gasteiger partial charge in [-0.05, 0) is 47.9 Å². The molecule has 5 rings (SSSR count). The molecule has 0 saturated carbocycles. The molecule has 7 nitrogen and oxygen atoms in total. The van der Waals surface area contributed by atoms with E-state index < -0.39 is 12.0 Å². The molecule has 1 aliphatic rings. The Labute approximate surface area is 208 Å². The van der Waals surface area contributed by atoms with Crippen molar-refractivity contribution >= 4 is 23.5 Å². The molecule has 35 heavy (non-hydrogen) atoms. The van der Waals surface area contributed by atoms with Crippen LogP contribution in [0.3, 0.4) is 0 Å². The topological polar surface area (TPSA) is 78.3 Å². The maximum absolute atomic E-state index is 13.2. The summed E-state index contributed by atoms with van der Waals surface area (Å²) in [7, 11) is 0. The van der Waals surface area contributed by atoms with Crippen LogP contribution in [0.25, 0.3) is 0 Å². The number of hydrogen-bond donors (Lipinski definition) is 1. The van der Waals surface area contributed by atoms with Crippen molar-refractivity contribution in [2.75, 3.05) is 5.32 Å². The van der Waals surface area contributed by atoms with Gasteiger partial charge in [0.2, 0.25) is 5.95 Å². The summed E-state index contributed by atoms with van der Waals surface area (Å²) in [5, 5.41) is 8.19. The van der Waals surface area contributed by atoms with Crippen LogP contribution in [0.5, 0.6) is 5.75 Å². The van der Waals surface area contributed by atoms with E-state index in [-0.39, 0.29) is 6.61 Å². The van der Waals surface area contributed by atoms with E-state index in [1.54, 1.807) is 4.68 Å². The van der Waals surface area contributed by atoms with Crippen LogP contribution in [0.15, 0.2) is 96.5 Å². The van der Waals surface area contributed by atoms with E-state index in [1.807, 2.05) is 85.8 Å². The van der Waals surface area contributed by atoms with Crippen LogP contribution >= 0.6 is 11.6 Å². The number of nitrogens with one attached hydrogen (secondary N) is 1. The minimum absolute atomic E-state index is 0.184. The zero-order valence-corrected chi connectivity index (χ0v) is 19.8. The van der Waals surface area contributed by atoms with E-state index in [1.165, 1.54) is 6.33 Å². The van der Waals surface area contributed by atoms with Crippen LogP contribution in [0.2, 0.25) is 5.02 Å². The molecule has 1 aromatic heterocycles. The van der Waals surface area contributed by atoms with Crippen molar-refractivity contribution in [2.45, 2.75) is 26.2 Å². The fraction of sp³-hybridized carbons (Fsp3) is 0.148. The Kier molecular flexibility index (Phi) is 6.50. The first-order chi connectivity index (χ1) is 17.1. The van der Waals surface area contributed by atoms with Gasteiger partial charge in [0.05, 0.1) is 5.57 Å². The number of aromatic nitrogens is 3. The second-order valence-corrected chi connectivity index (χ2v) is 8.58. The summed E-state index contributed by atoms with van der Waals surface area (Å²) in [4.78, 5) is 17.5. The highest BCUT2D eigenvalue weighted by atomic mass is 35.5. The van der Waals surface area contributed by atoms with E-state index in [0.717, 1.165) is 16.7 Å². The van der Waals surface area contributed by atoms with E-state index in [4.69, 9.17) is 21.1 Å². The molecule has 8 heteroatoms. The molecule has 1 unspecified atom stereocenters. The van der Waals surface area contributed by atoms with Crippen LogP contribution in [-0.2, 0) is 22.7 Å². The third-order valence-electron chi connectivity index (χ3n) is 5.72. The third kappa shape index (κ3) is 5.05. The molecule has 2 heterocycles. The van der Waals surface area contributed by atoms with E-state index in [0.29, 0.717) is 34.6 Å². The fourth-order valence-electron chi connectivity index (χ4n) is 4.00. The fourth-order valence-corrected chi connectivity index (χ4v) is 4.22. The average molecular weight is 487 g/mol. The minimum Gasteiger partial charge on any atom is -0.489 e. The molecule has 176 valence electrons. The smallest absolute Gasteiger partial charge is 0.338 e. The third-order valence-corrected chi connectivity index (χ3v) is 5.95. The van der Waals surface area contributed by atoms with Gasteiger partial charge < -0.3 is 14.8 Å². The van der Waals surface area contributed by atoms with E-state index >= 15 is 0 Å². The van der Waals surface area contributed by atoms with Gasteiger partial charge in [0, 0.05) is 10.7 Å². The lowest BCUT2D eigenvalue weighted by Gasteiger charge is -2.28. The highest BCUT2D eigenvalue weighted by molar-refractivity contribution is 6.30. The Hall–Kier alpha value is -4.10. The summed E-state index contributed by atoms with van der Waals surface area (Å²) in [6.45, 7) is 2.42. The van der Waals surface area contributed by atoms with E-state index in [9.17, 15) is 4.79 Å². The number of carbonyl (C=O) groups is 1. The standard InChI is InChI=1S/C27H23ClN4O3/c1-18-24(26(33)35-15-19-6-3-2-4-7-19)25(32-27(31-18)29-17-30-32)21-10-12-23(13-11-21)34-16-20-8-5-9-22(28)14-20/h2-14,17,25H,15-16H2,1H3,(H,29,30,31). The highest BCUT2D eigenvalue weighted by Gasteiger charge is 2.34. The number of carbonyl (C=O) groups excluding carboxylic acids is 1. The summed E-state index contributed by atoms with van der Waals surface area (Å²) in [6, 6.07) is 24.3. The second kappa shape index (κ2) is 10.0. The van der Waals surface area contributed by atoms with Crippen LogP contribution in [0.4, 0.5) is 5.95 Å². The van der Waals surface area contributed by atoms with Crippen molar-refractivity contribution in [3.63, 3.8) is 0 Å². The molecule has 0 spiro atoms. The molecule has 0 fully saturated rings. The Morgan fingerprint density at radius 1 is 1.00 bits per heavy atom. The first kappa shape index (κ1) is 22.7. The lowest BCUT2D eigenvalue weighted by molar-refractivity contribution is -0.140. The highest BCUT2D eigenvalue weighted by Crippen LogP contribution is 2.36. The first-order valence-electron chi connectivity index (χ1n) is 11.1. The molecular formula is C27H23ClN4O3. The summed E-state index contributed by atoms with van der Waals surface area (Å²) < 4.78 is 13.3. The largest absolute Gasteiger partial charge is 0.489 e. The molecule has 1 aliphatic heterocycles. The Balaban J connectivity index is 1.37. The van der Waals surface area contributed by atoms with Crippen LogP contribution in [0.1, 0.15) is 29.7 Å². The predicted octanol–water partition coefficient (Wildman–Crippen LogP) is 5.54. The van der Waals surface area contributed by atoms with Gasteiger partial charge in [-0.3, -0.25) is 0 Å². The van der Waals surface area contributed by atoms with Crippen molar-refractivity contribution in [1.82, 2.24) is 14.8 Å². The van der Waals surface area contributed by atoms with Crippen molar-refractivity contribution in [3.8, 4) is 5.75 Å². The van der Waals surface area contributed by atoms with Gasteiger partial charge in [0.1, 0.15) is 31.3 Å². The van der Waals surface area contributed by atoms with Gasteiger partial charge in [-0.15, -0.1) is 0 Å². The number of hydrogen-bond acceptors (Lipinski definition) is 6. The quantitative estimate of drug-likeness (QED) is 0.345. The molecular weight excluding hydrogens is 464 g/mol. The van der Waals surface area contributed by atoms with Crippen molar-refractivity contribution in [1.29, 1.82) is 0 Å². The number of rotatable bonds is 7. The molecule has 1 atom stereocenters. The lowest BCUT2D eigenvalue weighted by atomic mass is 9.95. The number of allylic oxidation sites excluding steroid dienone is 1. The molecule has 0 radical (unpaired) electrons. The van der Waals surface area contributed by atoms with Gasteiger partial charge in [0.25, 0.3) is 0 Å². The summed E-state index contributed by atoms with van der Waals surface area (Å²) in [6.07, 6.45) is 1.46. The summed E-state index contributed by atoms with van der Waals surface area (Å²) in [5.41, 5.74) is 3.91. The van der Waals surface area contributed by atoms with Crippen LogP contribution in [0, 0.1) is 0 Å². The maximum atomic E-state index is 13.2. The van der Waals surface area contributed by atoms with Gasteiger partial charge in [-0.2, -0.15) is 10.1 Å². The van der Waals surface area contributed by atoms with Crippen LogP contribution < -0.4 is 10.1 Å². The molecule has 1 N–H and O–H groups in total. The Morgan fingerprint density at radius 3 is 2.54 bits per heavy atom. The SMILES string of the molecule is CC1=C(C(=O)OCc2ccccc2)C(c2ccc(OCc3cccc(Cl)c3)cc2)n2ncnc2N1. The molecule has 0 amide bonds. The summed E-state index contributed by atoms with van der Waals surface area (Å²) >= 11 is 6.06. The number of ether oxygens (including phenoxy) is 2. The van der Waals surface area contributed by atoms with E-state index in [2.05, 4.69) is 15.4 Å². The monoisotopic (exact) mass is 486 g/mol. The predicted molar refractivity (Wildman–Crippen MR) is 133 cm³/mol. The number of halogens is 1. The molecule has 3 aromatic carbocycles.